The molecule has 0 saturated heterocycles. The van der Waals surface area contributed by atoms with Crippen LogP contribution in [0.3, 0.4) is 0 Å². The van der Waals surface area contributed by atoms with Crippen LogP contribution in [0.15, 0.2) is 77.2 Å². The summed E-state index contributed by atoms with van der Waals surface area (Å²) in [5.41, 5.74) is 2.83. The van der Waals surface area contributed by atoms with Gasteiger partial charge in [0.2, 0.25) is 11.8 Å². The molecule has 242 valence electrons. The van der Waals surface area contributed by atoms with Crippen molar-refractivity contribution in [1.29, 1.82) is 0 Å². The number of ether oxygens (including phenoxy) is 2. The lowest BCUT2D eigenvalue weighted by molar-refractivity contribution is -0.124. The number of alkyl carbamates (subject to hydrolysis) is 1. The van der Waals surface area contributed by atoms with Crippen LogP contribution in [0.5, 0.6) is 5.75 Å². The maximum Gasteiger partial charge on any atom is 0.408 e. The average molecular weight is 638 g/mol. The quantitative estimate of drug-likeness (QED) is 0.204. The normalized spacial score (nSPS) is 22.0. The van der Waals surface area contributed by atoms with Gasteiger partial charge in [-0.15, -0.1) is 0 Å². The van der Waals surface area contributed by atoms with Crippen LogP contribution >= 0.6 is 0 Å². The third-order valence-electron chi connectivity index (χ3n) is 8.85. The molecular weight excluding hydrogens is 602 g/mol. The van der Waals surface area contributed by atoms with E-state index in [1.807, 2.05) is 86.6 Å². The number of hydrogen-bond acceptors (Lipinski definition) is 9. The van der Waals surface area contributed by atoms with Crippen molar-refractivity contribution in [2.45, 2.75) is 50.6 Å². The molecule has 0 aliphatic carbocycles. The molecular formula is C35H35N5O7. The van der Waals surface area contributed by atoms with Gasteiger partial charge in [0.15, 0.2) is 17.7 Å². The molecule has 12 heteroatoms. The van der Waals surface area contributed by atoms with Crippen LogP contribution in [-0.4, -0.2) is 53.4 Å². The maximum absolute atomic E-state index is 13.9. The van der Waals surface area contributed by atoms with Gasteiger partial charge in [0, 0.05) is 24.2 Å². The molecule has 12 nitrogen and oxygen atoms in total. The predicted molar refractivity (Wildman–Crippen MR) is 170 cm³/mol. The first-order valence-electron chi connectivity index (χ1n) is 15.6. The SMILES string of the molecule is CC(C)[C@@H]1NC(=O)[C@@H](NC(=O)OCc2ccccc2)Cc2ccc3c(c2)C2(c4ccccc4NC2O3)c2oc1nc2C(=O)NCCO. The number of hydrogen-bond donors (Lipinski definition) is 5. The Labute approximate surface area is 270 Å². The minimum Gasteiger partial charge on any atom is -0.469 e. The van der Waals surface area contributed by atoms with E-state index < -0.39 is 41.6 Å². The summed E-state index contributed by atoms with van der Waals surface area (Å²) in [4.78, 5) is 45.3. The Morgan fingerprint density at radius 2 is 1.85 bits per heavy atom. The van der Waals surface area contributed by atoms with Gasteiger partial charge >= 0.3 is 6.09 Å². The first-order chi connectivity index (χ1) is 22.8. The van der Waals surface area contributed by atoms with E-state index in [9.17, 15) is 19.5 Å². The summed E-state index contributed by atoms with van der Waals surface area (Å²) in [6.45, 7) is 3.60. The Morgan fingerprint density at radius 1 is 1.06 bits per heavy atom. The monoisotopic (exact) mass is 637 g/mol. The van der Waals surface area contributed by atoms with Crippen LogP contribution in [0.4, 0.5) is 10.5 Å². The second kappa shape index (κ2) is 12.1. The Kier molecular flexibility index (Phi) is 7.80. The number of aromatic nitrogens is 1. The number of carbonyl (C=O) groups is 3. The Balaban J connectivity index is 1.36. The van der Waals surface area contributed by atoms with Crippen molar-refractivity contribution >= 4 is 23.6 Å². The van der Waals surface area contributed by atoms with Crippen molar-refractivity contribution < 1.29 is 33.4 Å². The molecule has 4 atom stereocenters. The molecule has 3 amide bonds. The second-order valence-corrected chi connectivity index (χ2v) is 12.2. The Morgan fingerprint density at radius 3 is 2.64 bits per heavy atom. The number of amides is 3. The molecule has 4 heterocycles. The van der Waals surface area contributed by atoms with E-state index in [0.29, 0.717) is 5.75 Å². The smallest absolute Gasteiger partial charge is 0.408 e. The Hall–Kier alpha value is -5.36. The summed E-state index contributed by atoms with van der Waals surface area (Å²) in [6.07, 6.45) is -1.26. The first-order valence-corrected chi connectivity index (χ1v) is 15.6. The van der Waals surface area contributed by atoms with E-state index in [1.54, 1.807) is 0 Å². The number of nitrogens with one attached hydrogen (secondary N) is 4. The summed E-state index contributed by atoms with van der Waals surface area (Å²) in [6, 6.07) is 20.8. The van der Waals surface area contributed by atoms with Crippen LogP contribution in [0.25, 0.3) is 0 Å². The van der Waals surface area contributed by atoms with Crippen molar-refractivity contribution in [3.63, 3.8) is 0 Å². The molecule has 0 fully saturated rings. The number of para-hydroxylation sites is 1. The van der Waals surface area contributed by atoms with Gasteiger partial charge in [-0.05, 0) is 34.7 Å². The number of rotatable bonds is 7. The molecule has 3 aliphatic heterocycles. The number of oxazole rings is 1. The summed E-state index contributed by atoms with van der Waals surface area (Å²) in [5.74, 6) is -0.247. The number of aliphatic hydroxyl groups is 1. The molecule has 1 aromatic heterocycles. The number of fused-ring (bicyclic) bond motifs is 4. The Bertz CT molecular complexity index is 1840. The molecule has 47 heavy (non-hydrogen) atoms. The zero-order chi connectivity index (χ0) is 32.7. The van der Waals surface area contributed by atoms with Gasteiger partial charge in [-0.3, -0.25) is 9.59 Å². The molecule has 5 N–H and O–H groups in total. The molecule has 7 rings (SSSR count). The van der Waals surface area contributed by atoms with E-state index in [2.05, 4.69) is 21.3 Å². The molecule has 1 spiro atoms. The molecule has 4 bridgehead atoms. The summed E-state index contributed by atoms with van der Waals surface area (Å²) in [5, 5.41) is 21.4. The maximum atomic E-state index is 13.9. The number of aliphatic hydroxyl groups excluding tert-OH is 1. The van der Waals surface area contributed by atoms with Crippen LogP contribution in [0.2, 0.25) is 0 Å². The van der Waals surface area contributed by atoms with Gasteiger partial charge in [-0.1, -0.05) is 74.5 Å². The topological polar surface area (TPSA) is 164 Å². The minimum atomic E-state index is -1.12. The first kappa shape index (κ1) is 30.3. The molecule has 0 saturated carbocycles. The zero-order valence-electron chi connectivity index (χ0n) is 25.9. The average Bonchev–Trinajstić information content (AvgIpc) is 3.74. The number of benzene rings is 3. The van der Waals surface area contributed by atoms with Crippen molar-refractivity contribution in [2.75, 3.05) is 18.5 Å². The van der Waals surface area contributed by atoms with Crippen molar-refractivity contribution in [1.82, 2.24) is 20.9 Å². The van der Waals surface area contributed by atoms with E-state index in [0.717, 1.165) is 27.9 Å². The van der Waals surface area contributed by atoms with E-state index >= 15 is 0 Å². The van der Waals surface area contributed by atoms with Gasteiger partial charge in [-0.2, -0.15) is 0 Å². The fourth-order valence-corrected chi connectivity index (χ4v) is 6.62. The zero-order valence-corrected chi connectivity index (χ0v) is 25.9. The van der Waals surface area contributed by atoms with Crippen LogP contribution in [0.1, 0.15) is 64.3 Å². The summed E-state index contributed by atoms with van der Waals surface area (Å²) < 4.78 is 18.6. The van der Waals surface area contributed by atoms with Gasteiger partial charge < -0.3 is 40.3 Å². The summed E-state index contributed by atoms with van der Waals surface area (Å²) in [7, 11) is 0. The highest BCUT2D eigenvalue weighted by atomic mass is 16.5. The number of anilines is 1. The van der Waals surface area contributed by atoms with E-state index in [1.165, 1.54) is 0 Å². The predicted octanol–water partition coefficient (Wildman–Crippen LogP) is 3.54. The lowest BCUT2D eigenvalue weighted by atomic mass is 9.72. The second-order valence-electron chi connectivity index (χ2n) is 12.2. The molecule has 3 aliphatic rings. The highest BCUT2D eigenvalue weighted by Gasteiger charge is 2.61. The standard InChI is InChI=1S/C35H35N5O7/c1-19(2)27-32-40-28(31(43)36-14-15-41)29(47-32)35-22-10-6-7-11-24(22)37-33(35)46-26-13-12-21(16-23(26)35)17-25(30(42)39-27)38-34(44)45-18-20-8-4-3-5-9-20/h3-13,16,19,25,27,33,37,41H,14-15,17-18H2,1-2H3,(H,36,43)(H,38,44)(H,39,42)/t25-,27-,33?,35?/m0/s1. The van der Waals surface area contributed by atoms with Crippen molar-refractivity contribution in [3.05, 3.63) is 112 Å². The van der Waals surface area contributed by atoms with Crippen LogP contribution in [-0.2, 0) is 28.0 Å². The lowest BCUT2D eigenvalue weighted by Gasteiger charge is -2.28. The fraction of sp³-hybridized carbons (Fsp3) is 0.314. The van der Waals surface area contributed by atoms with E-state index in [4.69, 9.17) is 18.9 Å². The van der Waals surface area contributed by atoms with Crippen molar-refractivity contribution in [3.8, 4) is 5.75 Å². The molecule has 3 aromatic carbocycles. The van der Waals surface area contributed by atoms with Crippen LogP contribution in [0, 0.1) is 5.92 Å². The molecule has 4 aromatic rings. The number of carbonyl (C=O) groups excluding carboxylic acids is 3. The van der Waals surface area contributed by atoms with E-state index in [-0.39, 0.29) is 49.4 Å². The highest BCUT2D eigenvalue weighted by molar-refractivity contribution is 5.95. The minimum absolute atomic E-state index is 0.0149. The van der Waals surface area contributed by atoms with Gasteiger partial charge in [0.25, 0.3) is 5.91 Å². The largest absolute Gasteiger partial charge is 0.469 e. The molecule has 0 radical (unpaired) electrons. The van der Waals surface area contributed by atoms with Gasteiger partial charge in [0.1, 0.15) is 29.9 Å². The van der Waals surface area contributed by atoms with Gasteiger partial charge in [-0.25, -0.2) is 9.78 Å². The molecule has 2 unspecified atom stereocenters. The third-order valence-corrected chi connectivity index (χ3v) is 8.85. The highest BCUT2D eigenvalue weighted by Crippen LogP contribution is 2.58. The summed E-state index contributed by atoms with van der Waals surface area (Å²) >= 11 is 0. The van der Waals surface area contributed by atoms with Gasteiger partial charge in [0.05, 0.1) is 6.61 Å². The third kappa shape index (κ3) is 5.24. The van der Waals surface area contributed by atoms with Crippen LogP contribution < -0.4 is 26.0 Å². The van der Waals surface area contributed by atoms with Crippen molar-refractivity contribution in [2.24, 2.45) is 5.92 Å². The fourth-order valence-electron chi connectivity index (χ4n) is 6.62. The number of nitrogens with zero attached hydrogens (tertiary/aromatic N) is 1. The lowest BCUT2D eigenvalue weighted by Crippen LogP contribution is -2.49.